The van der Waals surface area contributed by atoms with Crippen molar-refractivity contribution in [3.8, 4) is 0 Å². The molecule has 0 radical (unpaired) electrons. The van der Waals surface area contributed by atoms with E-state index in [1.54, 1.807) is 0 Å². The number of hydrogen-bond donors (Lipinski definition) is 1. The van der Waals surface area contributed by atoms with Crippen LogP contribution < -0.4 is 5.73 Å². The zero-order chi connectivity index (χ0) is 13.2. The third kappa shape index (κ3) is 0.900. The number of rotatable bonds is 0. The first kappa shape index (κ1) is 3.62. The van der Waals surface area contributed by atoms with Crippen LogP contribution in [0.4, 0.5) is 0 Å². The maximum Gasteiger partial charge on any atom is 0.230 e. The van der Waals surface area contributed by atoms with Gasteiger partial charge in [0.2, 0.25) is 6.77 Å². The third-order valence-electron chi connectivity index (χ3n) is 1.88. The summed E-state index contributed by atoms with van der Waals surface area (Å²) in [6.45, 7) is -1.30. The largest absolute Gasteiger partial charge is 0.458 e. The van der Waals surface area contributed by atoms with Crippen molar-refractivity contribution in [3.05, 3.63) is 46.5 Å². The molecule has 13 heavy (non-hydrogen) atoms. The van der Waals surface area contributed by atoms with E-state index in [0.29, 0.717) is 0 Å². The first-order valence-corrected chi connectivity index (χ1v) is 3.75. The molecule has 0 fully saturated rings. The van der Waals surface area contributed by atoms with Crippen LogP contribution in [0.2, 0.25) is 0 Å². The molecule has 2 unspecified atom stereocenters. The molecule has 0 amide bonds. The molecule has 3 rings (SSSR count). The Balaban J connectivity index is 2.24. The van der Waals surface area contributed by atoms with Crippen LogP contribution >= 0.6 is 0 Å². The summed E-state index contributed by atoms with van der Waals surface area (Å²) in [6.07, 6.45) is -1.08. The zero-order valence-corrected chi connectivity index (χ0v) is 6.55. The summed E-state index contributed by atoms with van der Waals surface area (Å²) in [7, 11) is 0. The minimum absolute atomic E-state index is 0.000926. The topological polar surface area (TPSA) is 44.5 Å². The number of nitrogens with two attached hydrogens (primary N) is 1. The maximum atomic E-state index is 8.01. The van der Waals surface area contributed by atoms with Gasteiger partial charge < -0.3 is 15.2 Å². The average molecular weight is 180 g/mol. The first-order valence-electron chi connectivity index (χ1n) is 6.40. The fraction of sp³-hybridized carbons (Fsp3) is 0.200. The van der Waals surface area contributed by atoms with Crippen LogP contribution in [-0.4, -0.2) is 6.77 Å². The van der Waals surface area contributed by atoms with Gasteiger partial charge in [-0.2, -0.15) is 0 Å². The van der Waals surface area contributed by atoms with Crippen molar-refractivity contribution < 1.29 is 16.3 Å². The summed E-state index contributed by atoms with van der Waals surface area (Å²) in [5.74, 6) is 0.0481. The van der Waals surface area contributed by atoms with Crippen LogP contribution in [-0.2, 0) is 9.47 Å². The van der Waals surface area contributed by atoms with Gasteiger partial charge in [0.05, 0.1) is 4.11 Å². The van der Waals surface area contributed by atoms with Gasteiger partial charge in [-0.1, -0.05) is 0 Å². The minimum atomic E-state index is -1.30. The summed E-state index contributed by atoms with van der Waals surface area (Å²) in [5, 5.41) is 0. The predicted molar refractivity (Wildman–Crippen MR) is 47.1 cm³/mol. The highest BCUT2D eigenvalue weighted by Gasteiger charge is 2.25. The fourth-order valence-electron chi connectivity index (χ4n) is 1.32. The Hall–Kier alpha value is -1.64. The van der Waals surface area contributed by atoms with Gasteiger partial charge in [0.1, 0.15) is 7.13 Å². The van der Waals surface area contributed by atoms with E-state index in [1.807, 2.05) is 0 Å². The molecule has 1 heterocycles. The van der Waals surface area contributed by atoms with Gasteiger partial charge in [-0.15, -0.1) is 0 Å². The molecule has 2 aliphatic carbocycles. The molecule has 3 nitrogen and oxygen atoms in total. The van der Waals surface area contributed by atoms with E-state index in [1.165, 1.54) is 0 Å². The van der Waals surface area contributed by atoms with Crippen LogP contribution in [0.25, 0.3) is 0 Å². The highest BCUT2D eigenvalue weighted by Crippen LogP contribution is 2.36. The molecule has 0 bridgehead atoms. The molecule has 2 atom stereocenters. The van der Waals surface area contributed by atoms with E-state index in [4.69, 9.17) is 22.1 Å². The minimum Gasteiger partial charge on any atom is -0.458 e. The zero-order valence-electron chi connectivity index (χ0n) is 11.5. The van der Waals surface area contributed by atoms with Gasteiger partial charge in [-0.3, -0.25) is 0 Å². The molecule has 0 saturated carbocycles. The molecule has 0 aromatic heterocycles. The third-order valence-corrected chi connectivity index (χ3v) is 1.88. The molecule has 66 valence electrons. The molecule has 0 saturated heterocycles. The number of fused-ring (bicyclic) bond motifs is 1. The predicted octanol–water partition coefficient (Wildman–Crippen LogP) is 1.31. The first-order chi connectivity index (χ1) is 8.43. The second-order valence-corrected chi connectivity index (χ2v) is 2.75. The lowest BCUT2D eigenvalue weighted by Gasteiger charge is -2.10. The number of hydrogen-bond acceptors (Lipinski definition) is 3. The Kier molecular flexibility index (Phi) is 0.609. The summed E-state index contributed by atoms with van der Waals surface area (Å²) in [5.41, 5.74) is 5.85. The van der Waals surface area contributed by atoms with Crippen LogP contribution in [0.3, 0.4) is 0 Å². The second kappa shape index (κ2) is 2.19. The highest BCUT2D eigenvalue weighted by molar-refractivity contribution is 5.57. The van der Waals surface area contributed by atoms with Crippen molar-refractivity contribution in [2.75, 3.05) is 6.77 Å². The molecule has 1 aliphatic heterocycles. The standard InChI is InChI=1S/C10H9NO2/c11-8-1-6-3-9-10(13-5-12-9)4-7(6)2-8/h1-3H,4-5,11H2/i1D,2D,3D,4D,5D. The van der Waals surface area contributed by atoms with Crippen molar-refractivity contribution in [2.24, 2.45) is 5.73 Å². The summed E-state index contributed by atoms with van der Waals surface area (Å²) in [6, 6.07) is -0.405. The Morgan fingerprint density at radius 3 is 3.23 bits per heavy atom. The van der Waals surface area contributed by atoms with E-state index in [-0.39, 0.29) is 46.5 Å². The maximum absolute atomic E-state index is 8.01. The lowest BCUT2D eigenvalue weighted by molar-refractivity contribution is 0.0736. The Morgan fingerprint density at radius 2 is 2.31 bits per heavy atom. The van der Waals surface area contributed by atoms with E-state index < -0.39 is 13.2 Å². The summed E-state index contributed by atoms with van der Waals surface area (Å²) >= 11 is 0. The highest BCUT2D eigenvalue weighted by atomic mass is 16.7. The van der Waals surface area contributed by atoms with Gasteiger partial charge in [0.15, 0.2) is 5.76 Å². The van der Waals surface area contributed by atoms with E-state index in [0.717, 1.165) is 0 Å². The molecule has 0 aromatic carbocycles. The second-order valence-electron chi connectivity index (χ2n) is 2.75. The quantitative estimate of drug-likeness (QED) is 0.611. The Bertz CT molecular complexity index is 589. The molecule has 2 N–H and O–H groups in total. The van der Waals surface area contributed by atoms with Crippen LogP contribution in [0, 0.1) is 0 Å². The van der Waals surface area contributed by atoms with Crippen molar-refractivity contribution in [3.63, 3.8) is 0 Å². The molecular formula is C10H9NO2. The van der Waals surface area contributed by atoms with Gasteiger partial charge in [-0.25, -0.2) is 0 Å². The van der Waals surface area contributed by atoms with Crippen LogP contribution in [0.15, 0.2) is 46.5 Å². The van der Waals surface area contributed by atoms with Crippen LogP contribution in [0.1, 0.15) is 13.3 Å². The fourth-order valence-corrected chi connectivity index (χ4v) is 1.32. The Labute approximate surface area is 82.8 Å². The molecule has 3 aliphatic rings. The Morgan fingerprint density at radius 1 is 1.38 bits per heavy atom. The monoisotopic (exact) mass is 180 g/mol. The van der Waals surface area contributed by atoms with Crippen molar-refractivity contribution >= 4 is 0 Å². The molecular weight excluding hydrogens is 166 g/mol. The smallest absolute Gasteiger partial charge is 0.230 e. The van der Waals surface area contributed by atoms with Crippen molar-refractivity contribution in [2.45, 2.75) is 6.40 Å². The van der Waals surface area contributed by atoms with Crippen LogP contribution in [0.5, 0.6) is 0 Å². The van der Waals surface area contributed by atoms with E-state index in [2.05, 4.69) is 0 Å². The SMILES string of the molecule is [2H]C1=C(N)C([2H])=C2C1=C([2H])C1=C(OC([2H])O1)C2[2H]. The number of ether oxygens (including phenoxy) is 2. The lowest BCUT2D eigenvalue weighted by Crippen LogP contribution is -1.96. The van der Waals surface area contributed by atoms with Gasteiger partial charge in [-0.05, 0) is 29.3 Å². The van der Waals surface area contributed by atoms with Crippen molar-refractivity contribution in [1.29, 1.82) is 0 Å². The van der Waals surface area contributed by atoms with Gasteiger partial charge in [0.25, 0.3) is 0 Å². The number of allylic oxidation sites excluding steroid dienone is 5. The molecule has 0 aromatic rings. The average Bonchev–Trinajstić information content (AvgIpc) is 2.81. The van der Waals surface area contributed by atoms with E-state index in [9.17, 15) is 0 Å². The van der Waals surface area contributed by atoms with Gasteiger partial charge >= 0.3 is 0 Å². The molecule has 0 spiro atoms. The van der Waals surface area contributed by atoms with E-state index >= 15 is 0 Å². The lowest BCUT2D eigenvalue weighted by atomic mass is 9.99. The van der Waals surface area contributed by atoms with Crippen molar-refractivity contribution in [1.82, 2.24) is 0 Å². The molecule has 3 heteroatoms. The normalized spacial score (nSPS) is 42.9. The summed E-state index contributed by atoms with van der Waals surface area (Å²) < 4.78 is 48.9. The van der Waals surface area contributed by atoms with Gasteiger partial charge in [0, 0.05) is 13.5 Å². The summed E-state index contributed by atoms with van der Waals surface area (Å²) in [4.78, 5) is 0.